The molecule has 5 nitrogen and oxygen atoms in total. The van der Waals surface area contributed by atoms with E-state index in [1.165, 1.54) is 25.5 Å². The third-order valence-corrected chi connectivity index (χ3v) is 2.06. The van der Waals surface area contributed by atoms with E-state index in [1.54, 1.807) is 0 Å². The number of rotatable bonds is 1. The largest absolute Gasteiger partial charge is 0.504 e. The van der Waals surface area contributed by atoms with E-state index in [0.717, 1.165) is 0 Å². The Bertz CT molecular complexity index is 570. The third kappa shape index (κ3) is 1.28. The van der Waals surface area contributed by atoms with Crippen LogP contribution in [0.5, 0.6) is 17.2 Å². The normalized spacial score (nSPS) is 10.5. The lowest BCUT2D eigenvalue weighted by Gasteiger charge is -2.07. The van der Waals surface area contributed by atoms with Gasteiger partial charge < -0.3 is 19.4 Å². The molecule has 0 saturated carbocycles. The topological polar surface area (TPSA) is 79.9 Å². The fraction of sp³-hybridized carbons (Fsp3) is 0.100. The maximum atomic E-state index is 11.4. The zero-order chi connectivity index (χ0) is 11.0. The van der Waals surface area contributed by atoms with Crippen molar-refractivity contribution in [1.82, 2.24) is 0 Å². The minimum atomic E-state index is -0.415. The van der Waals surface area contributed by atoms with Gasteiger partial charge in [0.15, 0.2) is 16.9 Å². The third-order valence-electron chi connectivity index (χ3n) is 2.06. The minimum Gasteiger partial charge on any atom is -0.504 e. The summed E-state index contributed by atoms with van der Waals surface area (Å²) in [4.78, 5) is 11.4. The first-order valence-electron chi connectivity index (χ1n) is 4.15. The average molecular weight is 208 g/mol. The van der Waals surface area contributed by atoms with E-state index in [-0.39, 0.29) is 22.5 Å². The molecule has 1 aromatic carbocycles. The number of hydrogen-bond donors (Lipinski definition) is 2. The van der Waals surface area contributed by atoms with Crippen LogP contribution in [0.25, 0.3) is 11.0 Å². The van der Waals surface area contributed by atoms with E-state index in [9.17, 15) is 15.0 Å². The van der Waals surface area contributed by atoms with Gasteiger partial charge in [0.05, 0.1) is 13.4 Å². The fourth-order valence-electron chi connectivity index (χ4n) is 1.40. The highest BCUT2D eigenvalue weighted by molar-refractivity contribution is 5.88. The summed E-state index contributed by atoms with van der Waals surface area (Å²) in [6.07, 6.45) is 1.19. The van der Waals surface area contributed by atoms with Crippen molar-refractivity contribution in [3.63, 3.8) is 0 Å². The molecule has 0 fully saturated rings. The van der Waals surface area contributed by atoms with Crippen molar-refractivity contribution in [3.05, 3.63) is 28.6 Å². The predicted octanol–water partition coefficient (Wildman–Crippen LogP) is 1.21. The van der Waals surface area contributed by atoms with Crippen molar-refractivity contribution in [2.45, 2.75) is 0 Å². The highest BCUT2D eigenvalue weighted by atomic mass is 16.5. The zero-order valence-corrected chi connectivity index (χ0v) is 7.85. The van der Waals surface area contributed by atoms with E-state index in [2.05, 4.69) is 0 Å². The number of aromatic hydroxyl groups is 2. The van der Waals surface area contributed by atoms with Crippen LogP contribution in [0.1, 0.15) is 0 Å². The first-order valence-corrected chi connectivity index (χ1v) is 4.15. The maximum Gasteiger partial charge on any atom is 0.203 e. The van der Waals surface area contributed by atoms with Gasteiger partial charge in [-0.3, -0.25) is 4.79 Å². The van der Waals surface area contributed by atoms with Gasteiger partial charge in [-0.1, -0.05) is 0 Å². The monoisotopic (exact) mass is 208 g/mol. The van der Waals surface area contributed by atoms with Crippen LogP contribution >= 0.6 is 0 Å². The van der Waals surface area contributed by atoms with Gasteiger partial charge in [-0.25, -0.2) is 0 Å². The molecule has 2 N–H and O–H groups in total. The Morgan fingerprint density at radius 2 is 2.13 bits per heavy atom. The van der Waals surface area contributed by atoms with Gasteiger partial charge in [0, 0.05) is 12.1 Å². The predicted molar refractivity (Wildman–Crippen MR) is 52.4 cm³/mol. The second-order valence-corrected chi connectivity index (χ2v) is 2.94. The summed E-state index contributed by atoms with van der Waals surface area (Å²) in [6, 6.07) is 2.40. The number of phenolic OH excluding ortho intramolecular Hbond substituents is 2. The average Bonchev–Trinajstić information content (AvgIpc) is 2.17. The molecular formula is C10H8O5. The number of ether oxygens (including phenoxy) is 1. The summed E-state index contributed by atoms with van der Waals surface area (Å²) in [6.45, 7) is 0. The Hall–Kier alpha value is -2.17. The summed E-state index contributed by atoms with van der Waals surface area (Å²) in [5, 5.41) is 19.1. The molecule has 0 atom stereocenters. The van der Waals surface area contributed by atoms with Crippen LogP contribution in [0.3, 0.4) is 0 Å². The second-order valence-electron chi connectivity index (χ2n) is 2.94. The van der Waals surface area contributed by atoms with E-state index in [4.69, 9.17) is 9.15 Å². The van der Waals surface area contributed by atoms with Crippen molar-refractivity contribution in [2.75, 3.05) is 7.11 Å². The molecule has 78 valence electrons. The molecule has 0 aliphatic carbocycles. The van der Waals surface area contributed by atoms with Gasteiger partial charge in [0.1, 0.15) is 11.0 Å². The van der Waals surface area contributed by atoms with Crippen molar-refractivity contribution in [1.29, 1.82) is 0 Å². The Labute approximate surface area is 84.1 Å². The van der Waals surface area contributed by atoms with E-state index in [1.807, 2.05) is 0 Å². The van der Waals surface area contributed by atoms with Crippen LogP contribution in [0, 0.1) is 0 Å². The number of fused-ring (bicyclic) bond motifs is 1. The van der Waals surface area contributed by atoms with Gasteiger partial charge in [-0.15, -0.1) is 0 Å². The molecule has 0 bridgehead atoms. The first-order chi connectivity index (χ1) is 7.15. The number of phenols is 2. The molecular weight excluding hydrogens is 200 g/mol. The van der Waals surface area contributed by atoms with Crippen LogP contribution in [0.2, 0.25) is 0 Å². The van der Waals surface area contributed by atoms with Crippen molar-refractivity contribution in [3.8, 4) is 17.2 Å². The molecule has 0 amide bonds. The molecule has 0 unspecified atom stereocenters. The van der Waals surface area contributed by atoms with Gasteiger partial charge in [-0.2, -0.15) is 0 Å². The molecule has 0 saturated heterocycles. The van der Waals surface area contributed by atoms with E-state index < -0.39 is 11.2 Å². The Kier molecular flexibility index (Phi) is 2.00. The minimum absolute atomic E-state index is 0.00727. The van der Waals surface area contributed by atoms with E-state index in [0.29, 0.717) is 0 Å². The SMILES string of the molecule is COc1c(O)cc2occc(=O)c2c1O. The summed E-state index contributed by atoms with van der Waals surface area (Å²) in [7, 11) is 1.28. The van der Waals surface area contributed by atoms with Gasteiger partial charge in [0.2, 0.25) is 5.75 Å². The van der Waals surface area contributed by atoms with Crippen LogP contribution in [0.15, 0.2) is 27.6 Å². The second kappa shape index (κ2) is 3.20. The molecule has 2 rings (SSSR count). The van der Waals surface area contributed by atoms with Crippen molar-refractivity contribution in [2.24, 2.45) is 0 Å². The molecule has 1 heterocycles. The molecule has 2 aromatic rings. The summed E-state index contributed by atoms with van der Waals surface area (Å²) in [5.41, 5.74) is -0.287. The molecule has 0 radical (unpaired) electrons. The summed E-state index contributed by atoms with van der Waals surface area (Å²) in [5.74, 6) is -0.834. The van der Waals surface area contributed by atoms with Gasteiger partial charge >= 0.3 is 0 Å². The Balaban J connectivity index is 2.99. The maximum absolute atomic E-state index is 11.4. The molecule has 15 heavy (non-hydrogen) atoms. The zero-order valence-electron chi connectivity index (χ0n) is 7.85. The van der Waals surface area contributed by atoms with Crippen molar-refractivity contribution < 1.29 is 19.4 Å². The van der Waals surface area contributed by atoms with Gasteiger partial charge in [0.25, 0.3) is 0 Å². The molecule has 0 aliphatic rings. The smallest absolute Gasteiger partial charge is 0.203 e. The van der Waals surface area contributed by atoms with E-state index >= 15 is 0 Å². The quantitative estimate of drug-likeness (QED) is 0.736. The highest BCUT2D eigenvalue weighted by Gasteiger charge is 2.16. The van der Waals surface area contributed by atoms with Crippen LogP contribution in [-0.2, 0) is 0 Å². The number of benzene rings is 1. The Morgan fingerprint density at radius 3 is 2.80 bits per heavy atom. The lowest BCUT2D eigenvalue weighted by molar-refractivity contribution is 0.346. The van der Waals surface area contributed by atoms with Crippen LogP contribution in [0.4, 0.5) is 0 Å². The van der Waals surface area contributed by atoms with Crippen molar-refractivity contribution >= 4 is 11.0 Å². The highest BCUT2D eigenvalue weighted by Crippen LogP contribution is 2.40. The molecule has 5 heteroatoms. The van der Waals surface area contributed by atoms with Gasteiger partial charge in [-0.05, 0) is 0 Å². The fourth-order valence-corrected chi connectivity index (χ4v) is 1.40. The Morgan fingerprint density at radius 1 is 1.40 bits per heavy atom. The molecule has 0 spiro atoms. The number of methoxy groups -OCH3 is 1. The standard InChI is InChI=1S/C10H8O5/c1-14-10-6(12)4-7-8(9(10)13)5(11)2-3-15-7/h2-4,12-13H,1H3. The number of hydrogen-bond acceptors (Lipinski definition) is 5. The lowest BCUT2D eigenvalue weighted by Crippen LogP contribution is -1.99. The van der Waals surface area contributed by atoms with Crippen LogP contribution < -0.4 is 10.2 Å². The molecule has 1 aromatic heterocycles. The lowest BCUT2D eigenvalue weighted by atomic mass is 10.2. The first kappa shape index (κ1) is 9.39. The molecule has 0 aliphatic heterocycles. The summed E-state index contributed by atoms with van der Waals surface area (Å²) >= 11 is 0. The van der Waals surface area contributed by atoms with Crippen LogP contribution in [-0.4, -0.2) is 17.3 Å². The summed E-state index contributed by atoms with van der Waals surface area (Å²) < 4.78 is 9.74.